The van der Waals surface area contributed by atoms with Crippen molar-refractivity contribution in [2.75, 3.05) is 23.0 Å². The van der Waals surface area contributed by atoms with E-state index in [-0.39, 0.29) is 0 Å². The van der Waals surface area contributed by atoms with E-state index in [4.69, 9.17) is 0 Å². The highest BCUT2D eigenvalue weighted by Crippen LogP contribution is 2.10. The monoisotopic (exact) mass is 252 g/mol. The van der Waals surface area contributed by atoms with Crippen molar-refractivity contribution in [2.24, 2.45) is 0 Å². The van der Waals surface area contributed by atoms with Crippen molar-refractivity contribution in [2.45, 2.75) is 44.9 Å². The summed E-state index contributed by atoms with van der Waals surface area (Å²) < 4.78 is 0. The highest BCUT2D eigenvalue weighted by Gasteiger charge is 1.91. The predicted molar refractivity (Wildman–Crippen MR) is 77.4 cm³/mol. The molecule has 0 N–H and O–H groups in total. The Balaban J connectivity index is 2.78. The standard InChI is InChI=1S/C11H24S3/c12-8-6-4-2-1-3-5-7-10-14-11-9-13/h12-13H,1-11H2. The van der Waals surface area contributed by atoms with Gasteiger partial charge in [0.25, 0.3) is 0 Å². The molecule has 0 nitrogen and oxygen atoms in total. The van der Waals surface area contributed by atoms with E-state index in [9.17, 15) is 0 Å². The van der Waals surface area contributed by atoms with E-state index in [1.54, 1.807) is 0 Å². The summed E-state index contributed by atoms with van der Waals surface area (Å²) in [5.41, 5.74) is 0. The third kappa shape index (κ3) is 13.1. The average Bonchev–Trinajstić information content (AvgIpc) is 2.21. The van der Waals surface area contributed by atoms with Gasteiger partial charge in [0.15, 0.2) is 0 Å². The van der Waals surface area contributed by atoms with Crippen LogP contribution in [0.4, 0.5) is 0 Å². The van der Waals surface area contributed by atoms with Crippen LogP contribution in [-0.4, -0.2) is 23.0 Å². The van der Waals surface area contributed by atoms with Gasteiger partial charge >= 0.3 is 0 Å². The molecule has 0 aromatic heterocycles. The average molecular weight is 253 g/mol. The molecular weight excluding hydrogens is 228 g/mol. The topological polar surface area (TPSA) is 0 Å². The van der Waals surface area contributed by atoms with Crippen LogP contribution in [0.15, 0.2) is 0 Å². The Labute approximate surface area is 105 Å². The lowest BCUT2D eigenvalue weighted by atomic mass is 10.1. The van der Waals surface area contributed by atoms with E-state index in [1.165, 1.54) is 56.5 Å². The van der Waals surface area contributed by atoms with E-state index >= 15 is 0 Å². The number of thiol groups is 2. The summed E-state index contributed by atoms with van der Waals surface area (Å²) >= 11 is 10.4. The zero-order valence-electron chi connectivity index (χ0n) is 9.08. The molecule has 86 valence electrons. The first-order chi connectivity index (χ1) is 6.91. The summed E-state index contributed by atoms with van der Waals surface area (Å²) in [7, 11) is 0. The van der Waals surface area contributed by atoms with Crippen molar-refractivity contribution < 1.29 is 0 Å². The first kappa shape index (κ1) is 15.0. The molecule has 0 heterocycles. The van der Waals surface area contributed by atoms with Gasteiger partial charge in [-0.05, 0) is 30.1 Å². The zero-order chi connectivity index (χ0) is 10.5. The van der Waals surface area contributed by atoms with Gasteiger partial charge in [-0.25, -0.2) is 0 Å². The first-order valence-corrected chi connectivity index (χ1v) is 8.13. The summed E-state index contributed by atoms with van der Waals surface area (Å²) in [6.07, 6.45) is 9.73. The lowest BCUT2D eigenvalue weighted by Gasteiger charge is -2.01. The predicted octanol–water partition coefficient (Wildman–Crippen LogP) is 4.31. The van der Waals surface area contributed by atoms with Crippen LogP contribution < -0.4 is 0 Å². The molecular formula is C11H24S3. The van der Waals surface area contributed by atoms with Crippen LogP contribution in [0, 0.1) is 0 Å². The number of unbranched alkanes of at least 4 members (excludes halogenated alkanes) is 6. The van der Waals surface area contributed by atoms with Gasteiger partial charge in [-0.2, -0.15) is 37.0 Å². The van der Waals surface area contributed by atoms with Crippen molar-refractivity contribution in [3.8, 4) is 0 Å². The molecule has 0 bridgehead atoms. The Hall–Kier alpha value is 1.05. The summed E-state index contributed by atoms with van der Waals surface area (Å²) in [5, 5.41) is 0. The van der Waals surface area contributed by atoms with Crippen LogP contribution in [0.3, 0.4) is 0 Å². The Morgan fingerprint density at radius 3 is 1.71 bits per heavy atom. The van der Waals surface area contributed by atoms with Crippen LogP contribution in [0.5, 0.6) is 0 Å². The molecule has 0 atom stereocenters. The van der Waals surface area contributed by atoms with Gasteiger partial charge < -0.3 is 0 Å². The number of hydrogen-bond acceptors (Lipinski definition) is 3. The minimum absolute atomic E-state index is 1.02. The van der Waals surface area contributed by atoms with Gasteiger partial charge in [-0.15, -0.1) is 0 Å². The summed E-state index contributed by atoms with van der Waals surface area (Å²) in [6, 6.07) is 0. The van der Waals surface area contributed by atoms with Crippen LogP contribution in [0.2, 0.25) is 0 Å². The number of rotatable bonds is 11. The highest BCUT2D eigenvalue weighted by atomic mass is 32.2. The van der Waals surface area contributed by atoms with Crippen molar-refractivity contribution in [1.29, 1.82) is 0 Å². The fourth-order valence-electron chi connectivity index (χ4n) is 1.37. The largest absolute Gasteiger partial charge is 0.179 e. The molecule has 0 rings (SSSR count). The quantitative estimate of drug-likeness (QED) is 0.408. The molecule has 0 aliphatic rings. The van der Waals surface area contributed by atoms with E-state index < -0.39 is 0 Å². The molecule has 0 aliphatic carbocycles. The molecule has 0 aliphatic heterocycles. The van der Waals surface area contributed by atoms with Crippen molar-refractivity contribution in [1.82, 2.24) is 0 Å². The van der Waals surface area contributed by atoms with Gasteiger partial charge in [-0.1, -0.05) is 32.1 Å². The van der Waals surface area contributed by atoms with E-state index in [2.05, 4.69) is 25.3 Å². The van der Waals surface area contributed by atoms with Gasteiger partial charge in [0.05, 0.1) is 0 Å². The zero-order valence-corrected chi connectivity index (χ0v) is 11.7. The molecule has 0 saturated heterocycles. The molecule has 14 heavy (non-hydrogen) atoms. The molecule has 3 heteroatoms. The van der Waals surface area contributed by atoms with Gasteiger partial charge in [-0.3, -0.25) is 0 Å². The van der Waals surface area contributed by atoms with Crippen molar-refractivity contribution in [3.63, 3.8) is 0 Å². The second kappa shape index (κ2) is 14.1. The maximum absolute atomic E-state index is 4.20. The van der Waals surface area contributed by atoms with Crippen LogP contribution in [0.1, 0.15) is 44.9 Å². The van der Waals surface area contributed by atoms with Crippen molar-refractivity contribution in [3.05, 3.63) is 0 Å². The van der Waals surface area contributed by atoms with Crippen molar-refractivity contribution >= 4 is 37.0 Å². The smallest absolute Gasteiger partial charge is 0.00210 e. The Morgan fingerprint density at radius 1 is 0.571 bits per heavy atom. The van der Waals surface area contributed by atoms with Crippen LogP contribution in [0.25, 0.3) is 0 Å². The van der Waals surface area contributed by atoms with Gasteiger partial charge in [0.1, 0.15) is 0 Å². The molecule has 0 aromatic rings. The fraction of sp³-hybridized carbons (Fsp3) is 1.00. The number of thioether (sulfide) groups is 1. The highest BCUT2D eigenvalue weighted by molar-refractivity contribution is 7.99. The third-order valence-corrected chi connectivity index (χ3v) is 4.09. The van der Waals surface area contributed by atoms with E-state index in [1.807, 2.05) is 11.8 Å². The number of hydrogen-bond donors (Lipinski definition) is 2. The minimum Gasteiger partial charge on any atom is -0.179 e. The maximum Gasteiger partial charge on any atom is 0.00210 e. The molecule has 0 saturated carbocycles. The summed E-state index contributed by atoms with van der Waals surface area (Å²) in [6.45, 7) is 0. The molecule has 0 spiro atoms. The Morgan fingerprint density at radius 2 is 1.14 bits per heavy atom. The molecule has 0 aromatic carbocycles. The lowest BCUT2D eigenvalue weighted by Crippen LogP contribution is -1.86. The molecule has 0 unspecified atom stereocenters. The van der Waals surface area contributed by atoms with E-state index in [0.29, 0.717) is 0 Å². The summed E-state index contributed by atoms with van der Waals surface area (Å²) in [4.78, 5) is 0. The first-order valence-electron chi connectivity index (χ1n) is 5.71. The van der Waals surface area contributed by atoms with Crippen LogP contribution >= 0.6 is 37.0 Å². The minimum atomic E-state index is 1.02. The molecule has 0 amide bonds. The molecule has 0 radical (unpaired) electrons. The Kier molecular flexibility index (Phi) is 15.1. The Bertz CT molecular complexity index is 84.5. The fourth-order valence-corrected chi connectivity index (χ4v) is 2.72. The van der Waals surface area contributed by atoms with E-state index in [0.717, 1.165) is 11.5 Å². The lowest BCUT2D eigenvalue weighted by molar-refractivity contribution is 0.605. The van der Waals surface area contributed by atoms with Gasteiger partial charge in [0.2, 0.25) is 0 Å². The van der Waals surface area contributed by atoms with Crippen LogP contribution in [-0.2, 0) is 0 Å². The second-order valence-corrected chi connectivity index (χ2v) is 5.65. The molecule has 0 fully saturated rings. The third-order valence-electron chi connectivity index (χ3n) is 2.18. The SMILES string of the molecule is SCCCCCCCCCSCCS. The van der Waals surface area contributed by atoms with Gasteiger partial charge in [0, 0.05) is 5.75 Å². The maximum atomic E-state index is 4.20. The normalized spacial score (nSPS) is 10.7. The summed E-state index contributed by atoms with van der Waals surface area (Å²) in [5.74, 6) is 4.62. The second-order valence-electron chi connectivity index (χ2n) is 3.53.